The predicted molar refractivity (Wildman–Crippen MR) is 135 cm³/mol. The van der Waals surface area contributed by atoms with Crippen LogP contribution in [-0.4, -0.2) is 60.9 Å². The minimum absolute atomic E-state index is 0.0306. The van der Waals surface area contributed by atoms with E-state index in [9.17, 15) is 33.3 Å². The highest BCUT2D eigenvalue weighted by molar-refractivity contribution is 8.04. The third-order valence-electron chi connectivity index (χ3n) is 5.99. The maximum Gasteiger partial charge on any atom is 0.394 e. The molecule has 0 bridgehead atoms. The number of nitrogens with zero attached hydrogens (tertiary/aromatic N) is 1. The molecule has 15 heteroatoms. The number of hydrogen-bond acceptors (Lipinski definition) is 9. The van der Waals surface area contributed by atoms with Gasteiger partial charge in [-0.15, -0.1) is 0 Å². The first-order valence-electron chi connectivity index (χ1n) is 11.1. The molecule has 0 aliphatic carbocycles. The van der Waals surface area contributed by atoms with Crippen molar-refractivity contribution in [1.82, 2.24) is 15.6 Å². The summed E-state index contributed by atoms with van der Waals surface area (Å²) < 4.78 is 19.2. The molecule has 0 saturated carbocycles. The van der Waals surface area contributed by atoms with Crippen molar-refractivity contribution >= 4 is 63.8 Å². The van der Waals surface area contributed by atoms with Crippen LogP contribution < -0.4 is 10.6 Å². The molecule has 1 aromatic heterocycles. The molecular formula is C24H16ClN3O9S2. The van der Waals surface area contributed by atoms with Crippen molar-refractivity contribution in [1.29, 1.82) is 0 Å². The first-order valence-corrected chi connectivity index (χ1v) is 13.5. The molecule has 3 atom stereocenters. The van der Waals surface area contributed by atoms with Crippen molar-refractivity contribution in [3.8, 4) is 0 Å². The lowest BCUT2D eigenvalue weighted by atomic mass is 9.93. The van der Waals surface area contributed by atoms with Crippen LogP contribution >= 0.6 is 23.4 Å². The molecule has 0 spiro atoms. The van der Waals surface area contributed by atoms with Gasteiger partial charge in [-0.25, -0.2) is 18.8 Å². The molecule has 4 N–H and O–H groups in total. The van der Waals surface area contributed by atoms with E-state index in [4.69, 9.17) is 21.4 Å². The Kier molecular flexibility index (Phi) is 7.01. The fourth-order valence-corrected chi connectivity index (χ4v) is 6.96. The maximum absolute atomic E-state index is 13.4. The Morgan fingerprint density at radius 1 is 1.18 bits per heavy atom. The third kappa shape index (κ3) is 5.05. The molecule has 12 nitrogen and oxygen atoms in total. The molecule has 200 valence electrons. The van der Waals surface area contributed by atoms with E-state index in [1.54, 1.807) is 12.1 Å². The second-order valence-corrected chi connectivity index (χ2v) is 11.6. The van der Waals surface area contributed by atoms with Gasteiger partial charge in [-0.3, -0.25) is 19.7 Å². The quantitative estimate of drug-likeness (QED) is 0.282. The van der Waals surface area contributed by atoms with Crippen molar-refractivity contribution in [2.75, 3.05) is 6.61 Å². The Balaban J connectivity index is 1.49. The van der Waals surface area contributed by atoms with E-state index in [0.717, 1.165) is 11.8 Å². The van der Waals surface area contributed by atoms with Crippen LogP contribution in [-0.2, 0) is 36.3 Å². The lowest BCUT2D eigenvalue weighted by Gasteiger charge is -2.25. The summed E-state index contributed by atoms with van der Waals surface area (Å²) in [6.07, 6.45) is 1.50. The van der Waals surface area contributed by atoms with Crippen LogP contribution in [0.15, 0.2) is 62.6 Å². The molecule has 4 heterocycles. The lowest BCUT2D eigenvalue weighted by molar-refractivity contribution is -0.149. The number of carbonyl (C=O) groups is 5. The number of allylic oxidation sites excluding steroid dienone is 2. The zero-order chi connectivity index (χ0) is 28.0. The zero-order valence-electron chi connectivity index (χ0n) is 19.4. The number of aromatic nitrogens is 1. The van der Waals surface area contributed by atoms with Crippen LogP contribution in [0.5, 0.6) is 0 Å². The Labute approximate surface area is 230 Å². The van der Waals surface area contributed by atoms with Gasteiger partial charge in [-0.1, -0.05) is 23.4 Å². The van der Waals surface area contributed by atoms with Crippen LogP contribution in [0.25, 0.3) is 0 Å². The van der Waals surface area contributed by atoms with E-state index in [2.05, 4.69) is 15.6 Å². The van der Waals surface area contributed by atoms with Crippen LogP contribution in [0.2, 0.25) is 5.02 Å². The van der Waals surface area contributed by atoms with Crippen molar-refractivity contribution in [2.45, 2.75) is 21.5 Å². The molecule has 39 heavy (non-hydrogen) atoms. The average molecular weight is 590 g/mol. The predicted octanol–water partition coefficient (Wildman–Crippen LogP) is 1.47. The number of ether oxygens (including phenoxy) is 1. The van der Waals surface area contributed by atoms with Gasteiger partial charge in [0.05, 0.1) is 48.6 Å². The fraction of sp³-hybridized carbons (Fsp3) is 0.167. The Morgan fingerprint density at radius 2 is 1.90 bits per heavy atom. The standard InChI is InChI=1S/C24H16ClN3O9S2/c25-9-1-3-12(4-2-9)39(36)15-6-10(26-18-17(15)19(29)27-20(18)30)5-11-7-13-14(8-37-11)38-22(16(13)23(32)33)28-21(31)24(34)35/h1-4,6-7,13-14H,5,8H2,(H,28,31)(H,32,33)(H,34,35)(H,27,29,30). The first kappa shape index (κ1) is 26.6. The number of rotatable bonds is 6. The molecule has 5 rings (SSSR count). The highest BCUT2D eigenvalue weighted by Crippen LogP contribution is 2.45. The third-order valence-corrected chi connectivity index (χ3v) is 8.95. The van der Waals surface area contributed by atoms with Gasteiger partial charge in [-0.05, 0) is 36.4 Å². The van der Waals surface area contributed by atoms with Gasteiger partial charge in [0.15, 0.2) is 0 Å². The minimum atomic E-state index is -1.87. The summed E-state index contributed by atoms with van der Waals surface area (Å²) in [7, 11) is -1.87. The van der Waals surface area contributed by atoms with Crippen LogP contribution in [0.4, 0.5) is 0 Å². The Morgan fingerprint density at radius 3 is 2.56 bits per heavy atom. The van der Waals surface area contributed by atoms with E-state index < -0.39 is 51.6 Å². The molecule has 2 aromatic rings. The summed E-state index contributed by atoms with van der Waals surface area (Å²) in [6, 6.07) is 7.57. The van der Waals surface area contributed by atoms with E-state index in [0.29, 0.717) is 15.7 Å². The summed E-state index contributed by atoms with van der Waals surface area (Å²) in [5.41, 5.74) is -0.230. The SMILES string of the molecule is O=C(O)C(=O)NC1=C(C(=O)O)C2C=C(Cc3cc(S(=O)c4ccc(Cl)cc4)c4c(n3)C(=O)NC4=O)OCC2S1. The Bertz CT molecular complexity index is 1570. The lowest BCUT2D eigenvalue weighted by Crippen LogP contribution is -2.30. The van der Waals surface area contributed by atoms with Gasteiger partial charge < -0.3 is 20.3 Å². The zero-order valence-corrected chi connectivity index (χ0v) is 21.8. The highest BCUT2D eigenvalue weighted by atomic mass is 35.5. The molecular weight excluding hydrogens is 574 g/mol. The van der Waals surface area contributed by atoms with E-state index in [-0.39, 0.29) is 45.5 Å². The normalized spacial score (nSPS) is 20.4. The number of pyridine rings is 1. The van der Waals surface area contributed by atoms with Gasteiger partial charge in [0.25, 0.3) is 11.8 Å². The number of aliphatic carboxylic acids is 2. The number of benzene rings is 1. The summed E-state index contributed by atoms with van der Waals surface area (Å²) in [5.74, 6) is -6.35. The number of thioether (sulfide) groups is 1. The fourth-order valence-electron chi connectivity index (χ4n) is 4.28. The molecule has 0 saturated heterocycles. The average Bonchev–Trinajstić information content (AvgIpc) is 3.39. The number of hydrogen-bond donors (Lipinski definition) is 4. The van der Waals surface area contributed by atoms with E-state index in [1.165, 1.54) is 24.3 Å². The molecule has 3 aliphatic rings. The van der Waals surface area contributed by atoms with Gasteiger partial charge in [0, 0.05) is 22.3 Å². The van der Waals surface area contributed by atoms with Crippen LogP contribution in [0.3, 0.4) is 0 Å². The van der Waals surface area contributed by atoms with Crippen LogP contribution in [0.1, 0.15) is 26.5 Å². The number of carboxylic acid groups (broad SMARTS) is 2. The smallest absolute Gasteiger partial charge is 0.394 e. The highest BCUT2D eigenvalue weighted by Gasteiger charge is 2.42. The first-order chi connectivity index (χ1) is 18.5. The molecule has 0 radical (unpaired) electrons. The minimum Gasteiger partial charge on any atom is -0.497 e. The molecule has 1 aromatic carbocycles. The van der Waals surface area contributed by atoms with E-state index >= 15 is 0 Å². The number of carbonyl (C=O) groups excluding carboxylic acids is 3. The molecule has 3 unspecified atom stereocenters. The van der Waals surface area contributed by atoms with Crippen LogP contribution in [0, 0.1) is 5.92 Å². The van der Waals surface area contributed by atoms with Gasteiger partial charge in [-0.2, -0.15) is 0 Å². The van der Waals surface area contributed by atoms with Gasteiger partial charge in [0.2, 0.25) is 0 Å². The van der Waals surface area contributed by atoms with Crippen molar-refractivity contribution in [3.63, 3.8) is 0 Å². The van der Waals surface area contributed by atoms with Crippen molar-refractivity contribution < 1.29 is 43.1 Å². The van der Waals surface area contributed by atoms with Gasteiger partial charge in [0.1, 0.15) is 12.3 Å². The van der Waals surface area contributed by atoms with E-state index in [1.807, 2.05) is 0 Å². The Hall–Kier alpha value is -4.01. The number of carboxylic acids is 2. The monoisotopic (exact) mass is 589 g/mol. The summed E-state index contributed by atoms with van der Waals surface area (Å²) >= 11 is 6.91. The second kappa shape index (κ2) is 10.3. The number of fused-ring (bicyclic) bond motifs is 2. The number of amides is 3. The number of nitrogens with one attached hydrogen (secondary N) is 2. The summed E-state index contributed by atoms with van der Waals surface area (Å²) in [4.78, 5) is 64.1. The number of halogens is 1. The van der Waals surface area contributed by atoms with Crippen molar-refractivity contribution in [3.05, 3.63) is 74.7 Å². The largest absolute Gasteiger partial charge is 0.497 e. The maximum atomic E-state index is 13.4. The molecule has 3 amide bonds. The number of imide groups is 1. The topological polar surface area (TPSA) is 189 Å². The van der Waals surface area contributed by atoms with Crippen molar-refractivity contribution in [2.24, 2.45) is 5.92 Å². The molecule has 3 aliphatic heterocycles. The summed E-state index contributed by atoms with van der Waals surface area (Å²) in [5, 5.41) is 22.8. The van der Waals surface area contributed by atoms with Gasteiger partial charge >= 0.3 is 17.8 Å². The molecule has 0 fully saturated rings. The second-order valence-electron chi connectivity index (χ2n) is 8.45. The summed E-state index contributed by atoms with van der Waals surface area (Å²) in [6.45, 7) is 0.0395.